The van der Waals surface area contributed by atoms with Gasteiger partial charge in [0.15, 0.2) is 12.6 Å². The molecule has 178 valence electrons. The third-order valence-electron chi connectivity index (χ3n) is 5.46. The molecule has 0 saturated heterocycles. The van der Waals surface area contributed by atoms with Crippen LogP contribution in [0.3, 0.4) is 0 Å². The summed E-state index contributed by atoms with van der Waals surface area (Å²) in [7, 11) is 0. The molecule has 3 rings (SSSR count). The Labute approximate surface area is 216 Å². The summed E-state index contributed by atoms with van der Waals surface area (Å²) < 4.78 is 1.96. The van der Waals surface area contributed by atoms with Crippen molar-refractivity contribution in [2.24, 2.45) is 0 Å². The second kappa shape index (κ2) is 10.6. The number of halogens is 1. The Bertz CT molecular complexity index is 1100. The molecule has 0 bridgehead atoms. The van der Waals surface area contributed by atoms with Gasteiger partial charge < -0.3 is 0 Å². The highest BCUT2D eigenvalue weighted by molar-refractivity contribution is 8.18. The molecule has 3 aromatic rings. The van der Waals surface area contributed by atoms with Crippen LogP contribution < -0.4 is 3.71 Å². The van der Waals surface area contributed by atoms with Crippen molar-refractivity contribution in [3.8, 4) is 0 Å². The molecule has 0 aliphatic carbocycles. The lowest BCUT2D eigenvalue weighted by Crippen LogP contribution is -2.12. The zero-order valence-corrected chi connectivity index (χ0v) is 22.8. The first-order valence-electron chi connectivity index (χ1n) is 11.0. The van der Waals surface area contributed by atoms with Crippen LogP contribution in [0.5, 0.6) is 0 Å². The van der Waals surface area contributed by atoms with Crippen LogP contribution in [0.1, 0.15) is 73.4 Å². The van der Waals surface area contributed by atoms with E-state index in [0.29, 0.717) is 18.3 Å². The maximum Gasteiger partial charge on any atom is 0.152 e. The Morgan fingerprint density at radius 1 is 0.647 bits per heavy atom. The SMILES string of the molecule is CC(C)(C)c1ccc(SN(Sc2ccc(C(C)(C)C)cc2)c2ccc(Cl)c(C=O)c2C=O)cc1. The fraction of sp³-hybridized carbons (Fsp3) is 0.286. The van der Waals surface area contributed by atoms with E-state index < -0.39 is 0 Å². The minimum absolute atomic E-state index is 0.0617. The summed E-state index contributed by atoms with van der Waals surface area (Å²) >= 11 is 9.20. The van der Waals surface area contributed by atoms with E-state index in [-0.39, 0.29) is 27.0 Å². The third-order valence-corrected chi connectivity index (χ3v) is 7.93. The van der Waals surface area contributed by atoms with Crippen molar-refractivity contribution in [3.63, 3.8) is 0 Å². The summed E-state index contributed by atoms with van der Waals surface area (Å²) in [5, 5.41) is 0.264. The van der Waals surface area contributed by atoms with Crippen LogP contribution >= 0.6 is 35.5 Å². The molecule has 0 aliphatic heterocycles. The number of benzene rings is 3. The smallest absolute Gasteiger partial charge is 0.152 e. The third kappa shape index (κ3) is 6.26. The lowest BCUT2D eigenvalue weighted by atomic mass is 9.87. The molecule has 0 saturated carbocycles. The molecular formula is C28H30ClNO2S2. The number of hydrogen-bond acceptors (Lipinski definition) is 5. The van der Waals surface area contributed by atoms with Crippen molar-refractivity contribution < 1.29 is 9.59 Å². The second-order valence-corrected chi connectivity index (χ2v) is 12.8. The molecule has 3 nitrogen and oxygen atoms in total. The molecule has 0 amide bonds. The second-order valence-electron chi connectivity index (χ2n) is 10.1. The fourth-order valence-electron chi connectivity index (χ4n) is 3.34. The van der Waals surface area contributed by atoms with E-state index in [0.717, 1.165) is 9.79 Å². The van der Waals surface area contributed by atoms with Crippen LogP contribution in [0, 0.1) is 0 Å². The number of rotatable bonds is 7. The molecule has 34 heavy (non-hydrogen) atoms. The van der Waals surface area contributed by atoms with E-state index in [2.05, 4.69) is 90.1 Å². The van der Waals surface area contributed by atoms with Gasteiger partial charge in [-0.1, -0.05) is 77.4 Å². The summed E-state index contributed by atoms with van der Waals surface area (Å²) in [5.41, 5.74) is 3.72. The highest BCUT2D eigenvalue weighted by Crippen LogP contribution is 2.42. The zero-order valence-electron chi connectivity index (χ0n) is 20.4. The standard InChI is InChI=1S/C28H30ClNO2S2/c1-27(2,3)19-7-11-21(12-8-19)33-30(26-16-15-25(29)23(17-31)24(26)18-32)34-22-13-9-20(10-14-22)28(4,5)6/h7-18H,1-6H3. The van der Waals surface area contributed by atoms with Crippen LogP contribution in [-0.2, 0) is 10.8 Å². The maximum atomic E-state index is 12.0. The maximum absolute atomic E-state index is 12.0. The molecule has 0 N–H and O–H groups in total. The number of nitrogens with zero attached hydrogens (tertiary/aromatic N) is 1. The van der Waals surface area contributed by atoms with Gasteiger partial charge in [-0.25, -0.2) is 3.71 Å². The molecule has 6 heteroatoms. The number of anilines is 1. The monoisotopic (exact) mass is 511 g/mol. The minimum atomic E-state index is 0.0617. The Hall–Kier alpha value is -2.21. The number of aldehydes is 2. The molecule has 0 radical (unpaired) electrons. The summed E-state index contributed by atoms with van der Waals surface area (Å²) in [6.07, 6.45) is 1.34. The van der Waals surface area contributed by atoms with E-state index in [9.17, 15) is 9.59 Å². The van der Waals surface area contributed by atoms with Crippen molar-refractivity contribution in [1.82, 2.24) is 0 Å². The first kappa shape index (κ1) is 26.4. The van der Waals surface area contributed by atoms with Crippen LogP contribution in [0.4, 0.5) is 5.69 Å². The summed E-state index contributed by atoms with van der Waals surface area (Å²) in [5.74, 6) is 0. The molecule has 0 fully saturated rings. The summed E-state index contributed by atoms with van der Waals surface area (Å²) in [6, 6.07) is 20.3. The van der Waals surface area contributed by atoms with Gasteiger partial charge in [-0.15, -0.1) is 0 Å². The normalized spacial score (nSPS) is 11.9. The van der Waals surface area contributed by atoms with Crippen molar-refractivity contribution in [2.45, 2.75) is 62.2 Å². The van der Waals surface area contributed by atoms with Gasteiger partial charge in [-0.05, 0) is 82.3 Å². The van der Waals surface area contributed by atoms with Gasteiger partial charge in [0.1, 0.15) is 0 Å². The predicted octanol–water partition coefficient (Wildman–Crippen LogP) is 8.78. The molecule has 0 atom stereocenters. The van der Waals surface area contributed by atoms with E-state index in [4.69, 9.17) is 11.6 Å². The van der Waals surface area contributed by atoms with Gasteiger partial charge >= 0.3 is 0 Å². The molecule has 0 aromatic heterocycles. The van der Waals surface area contributed by atoms with Crippen molar-refractivity contribution in [1.29, 1.82) is 0 Å². The van der Waals surface area contributed by atoms with Crippen LogP contribution in [0.2, 0.25) is 5.02 Å². The quantitative estimate of drug-likeness (QED) is 0.234. The highest BCUT2D eigenvalue weighted by atomic mass is 35.5. The Morgan fingerprint density at radius 3 is 1.41 bits per heavy atom. The predicted molar refractivity (Wildman–Crippen MR) is 147 cm³/mol. The van der Waals surface area contributed by atoms with Gasteiger partial charge in [0.25, 0.3) is 0 Å². The van der Waals surface area contributed by atoms with Crippen molar-refractivity contribution >= 4 is 53.8 Å². The summed E-state index contributed by atoms with van der Waals surface area (Å²) in [4.78, 5) is 25.7. The minimum Gasteiger partial charge on any atom is -0.298 e. The van der Waals surface area contributed by atoms with Gasteiger partial charge in [0, 0.05) is 15.4 Å². The first-order chi connectivity index (χ1) is 15.9. The Balaban J connectivity index is 2.02. The molecule has 0 unspecified atom stereocenters. The van der Waals surface area contributed by atoms with E-state index in [1.807, 2.05) is 3.71 Å². The topological polar surface area (TPSA) is 37.4 Å². The van der Waals surface area contributed by atoms with Gasteiger partial charge in [-0.3, -0.25) is 9.59 Å². The lowest BCUT2D eigenvalue weighted by molar-refractivity contribution is 0.109. The lowest BCUT2D eigenvalue weighted by Gasteiger charge is -2.25. The van der Waals surface area contributed by atoms with Crippen LogP contribution in [-0.4, -0.2) is 12.6 Å². The largest absolute Gasteiger partial charge is 0.298 e. The number of hydrogen-bond donors (Lipinski definition) is 0. The van der Waals surface area contributed by atoms with E-state index >= 15 is 0 Å². The molecule has 0 spiro atoms. The van der Waals surface area contributed by atoms with Gasteiger partial charge in [0.05, 0.1) is 16.3 Å². The first-order valence-corrected chi connectivity index (χ1v) is 13.0. The Morgan fingerprint density at radius 2 is 1.06 bits per heavy atom. The van der Waals surface area contributed by atoms with Crippen LogP contribution in [0.15, 0.2) is 70.5 Å². The van der Waals surface area contributed by atoms with Gasteiger partial charge in [-0.2, -0.15) is 0 Å². The number of carbonyl (C=O) groups excluding carboxylic acids is 2. The molecule has 0 heterocycles. The molecule has 3 aromatic carbocycles. The van der Waals surface area contributed by atoms with Crippen LogP contribution in [0.25, 0.3) is 0 Å². The molecule has 0 aliphatic rings. The summed E-state index contributed by atoms with van der Waals surface area (Å²) in [6.45, 7) is 13.1. The van der Waals surface area contributed by atoms with E-state index in [1.165, 1.54) is 35.0 Å². The average molecular weight is 512 g/mol. The van der Waals surface area contributed by atoms with Crippen molar-refractivity contribution in [2.75, 3.05) is 3.71 Å². The van der Waals surface area contributed by atoms with Crippen molar-refractivity contribution in [3.05, 3.63) is 87.9 Å². The molecular weight excluding hydrogens is 482 g/mol. The zero-order chi connectivity index (χ0) is 25.1. The number of carbonyl (C=O) groups is 2. The Kier molecular flexibility index (Phi) is 8.22. The fourth-order valence-corrected chi connectivity index (χ4v) is 5.63. The highest BCUT2D eigenvalue weighted by Gasteiger charge is 2.21. The van der Waals surface area contributed by atoms with Gasteiger partial charge in [0.2, 0.25) is 0 Å². The van der Waals surface area contributed by atoms with E-state index in [1.54, 1.807) is 12.1 Å². The average Bonchev–Trinajstić information content (AvgIpc) is 2.78.